The first kappa shape index (κ1) is 11.0. The first-order valence-corrected chi connectivity index (χ1v) is 6.16. The Balaban J connectivity index is 2.27. The van der Waals surface area contributed by atoms with Crippen molar-refractivity contribution in [2.75, 3.05) is 5.01 Å². The number of benzene rings is 1. The molecular weight excluding hydrogens is 232 g/mol. The molecule has 0 unspecified atom stereocenters. The smallest absolute Gasteiger partial charge is 0.282 e. The van der Waals surface area contributed by atoms with E-state index < -0.39 is 10.1 Å². The quantitative estimate of drug-likeness (QED) is 0.492. The van der Waals surface area contributed by atoms with Crippen molar-refractivity contribution in [2.24, 2.45) is 5.29 Å². The van der Waals surface area contributed by atoms with Crippen LogP contribution in [0.2, 0.25) is 0 Å². The number of hydrogen-bond donors (Lipinski definition) is 1. The Bertz CT molecular complexity index is 493. The first-order chi connectivity index (χ1) is 7.52. The van der Waals surface area contributed by atoms with Crippen molar-refractivity contribution < 1.29 is 13.0 Å². The molecule has 6 nitrogen and oxygen atoms in total. The van der Waals surface area contributed by atoms with Gasteiger partial charge in [-0.25, -0.2) is 5.01 Å². The van der Waals surface area contributed by atoms with Crippen LogP contribution in [0.3, 0.4) is 0 Å². The molecule has 7 heteroatoms. The molecule has 0 heterocycles. The Morgan fingerprint density at radius 3 is 2.19 bits per heavy atom. The molecule has 0 amide bonds. The van der Waals surface area contributed by atoms with Crippen molar-refractivity contribution >= 4 is 15.8 Å². The fourth-order valence-electron chi connectivity index (χ4n) is 1.41. The van der Waals surface area contributed by atoms with Gasteiger partial charge < -0.3 is 0 Å². The molecule has 0 aromatic heterocycles. The van der Waals surface area contributed by atoms with E-state index in [1.807, 2.05) is 0 Å². The molecule has 86 valence electrons. The fraction of sp³-hybridized carbons (Fsp3) is 0.333. The van der Waals surface area contributed by atoms with Crippen LogP contribution in [0.4, 0.5) is 5.69 Å². The van der Waals surface area contributed by atoms with E-state index in [1.165, 1.54) is 29.3 Å². The lowest BCUT2D eigenvalue weighted by Crippen LogP contribution is -2.17. The molecule has 1 saturated carbocycles. The number of anilines is 1. The summed E-state index contributed by atoms with van der Waals surface area (Å²) < 4.78 is 30.3. The third-order valence-electron chi connectivity index (χ3n) is 2.38. The largest absolute Gasteiger partial charge is 0.294 e. The molecule has 0 radical (unpaired) electrons. The second-order valence-corrected chi connectivity index (χ2v) is 5.05. The Labute approximate surface area is 92.6 Å². The van der Waals surface area contributed by atoms with E-state index in [0.717, 1.165) is 12.8 Å². The van der Waals surface area contributed by atoms with Crippen molar-refractivity contribution in [3.05, 3.63) is 29.2 Å². The maximum Gasteiger partial charge on any atom is 0.294 e. The number of hydrogen-bond acceptors (Lipinski definition) is 4. The molecule has 1 aromatic carbocycles. The second kappa shape index (κ2) is 3.84. The average Bonchev–Trinajstić information content (AvgIpc) is 3.03. The number of nitroso groups, excluding NO2 is 1. The zero-order valence-corrected chi connectivity index (χ0v) is 9.09. The summed E-state index contributed by atoms with van der Waals surface area (Å²) in [5.41, 5.74) is 0.532. The summed E-state index contributed by atoms with van der Waals surface area (Å²) in [5.74, 6) is 0. The highest BCUT2D eigenvalue weighted by Crippen LogP contribution is 2.32. The minimum atomic E-state index is -4.18. The Morgan fingerprint density at radius 2 is 1.81 bits per heavy atom. The maximum absolute atomic E-state index is 10.8. The molecule has 1 aliphatic carbocycles. The van der Waals surface area contributed by atoms with Gasteiger partial charge in [-0.05, 0) is 37.1 Å². The van der Waals surface area contributed by atoms with Gasteiger partial charge in [-0.1, -0.05) is 0 Å². The molecule has 0 spiro atoms. The lowest BCUT2D eigenvalue weighted by molar-refractivity contribution is 0.483. The molecule has 0 bridgehead atoms. The highest BCUT2D eigenvalue weighted by atomic mass is 32.2. The van der Waals surface area contributed by atoms with Crippen molar-refractivity contribution in [1.29, 1.82) is 0 Å². The van der Waals surface area contributed by atoms with Gasteiger partial charge in [-0.3, -0.25) is 4.55 Å². The van der Waals surface area contributed by atoms with Crippen LogP contribution in [0.15, 0.2) is 34.4 Å². The fourth-order valence-corrected chi connectivity index (χ4v) is 1.89. The Hall–Kier alpha value is -1.47. The van der Waals surface area contributed by atoms with Crippen LogP contribution in [0.1, 0.15) is 12.8 Å². The molecule has 1 aliphatic rings. The van der Waals surface area contributed by atoms with Gasteiger partial charge in [0.1, 0.15) is 0 Å². The average molecular weight is 242 g/mol. The Kier molecular flexibility index (Phi) is 2.64. The van der Waals surface area contributed by atoms with E-state index in [2.05, 4.69) is 5.29 Å². The SMILES string of the molecule is O=NN(c1ccc(S(=O)(=O)O)cc1)C1CC1. The summed E-state index contributed by atoms with van der Waals surface area (Å²) in [4.78, 5) is 10.4. The highest BCUT2D eigenvalue weighted by Gasteiger charge is 2.30. The Morgan fingerprint density at radius 1 is 1.25 bits per heavy atom. The van der Waals surface area contributed by atoms with Gasteiger partial charge in [0.2, 0.25) is 0 Å². The third-order valence-corrected chi connectivity index (χ3v) is 3.25. The number of nitrogens with zero attached hydrogens (tertiary/aromatic N) is 2. The van der Waals surface area contributed by atoms with E-state index in [4.69, 9.17) is 4.55 Å². The predicted octanol–water partition coefficient (Wildman–Crippen LogP) is 1.58. The third kappa shape index (κ3) is 2.20. The van der Waals surface area contributed by atoms with E-state index in [0.29, 0.717) is 5.69 Å². The van der Waals surface area contributed by atoms with Gasteiger partial charge in [-0.15, -0.1) is 4.91 Å². The molecule has 1 aromatic rings. The summed E-state index contributed by atoms with van der Waals surface area (Å²) in [5, 5.41) is 4.20. The predicted molar refractivity (Wildman–Crippen MR) is 57.6 cm³/mol. The lowest BCUT2D eigenvalue weighted by Gasteiger charge is -2.13. The summed E-state index contributed by atoms with van der Waals surface area (Å²) in [6.07, 6.45) is 1.82. The molecule has 2 rings (SSSR count). The van der Waals surface area contributed by atoms with Gasteiger partial charge in [0.05, 0.1) is 21.9 Å². The summed E-state index contributed by atoms with van der Waals surface area (Å²) in [7, 11) is -4.18. The molecule has 0 aliphatic heterocycles. The van der Waals surface area contributed by atoms with Crippen LogP contribution in [-0.4, -0.2) is 19.0 Å². The van der Waals surface area contributed by atoms with Gasteiger partial charge in [-0.2, -0.15) is 8.42 Å². The van der Waals surface area contributed by atoms with Crippen LogP contribution in [0.25, 0.3) is 0 Å². The van der Waals surface area contributed by atoms with E-state index in [-0.39, 0.29) is 10.9 Å². The standard InChI is InChI=1S/C9H10N2O4S/c12-10-11(7-1-2-7)8-3-5-9(6-4-8)16(13,14)15/h3-7H,1-2H2,(H,13,14,15). The van der Waals surface area contributed by atoms with E-state index >= 15 is 0 Å². The highest BCUT2D eigenvalue weighted by molar-refractivity contribution is 7.85. The van der Waals surface area contributed by atoms with E-state index in [9.17, 15) is 13.3 Å². The first-order valence-electron chi connectivity index (χ1n) is 4.72. The molecular formula is C9H10N2O4S. The van der Waals surface area contributed by atoms with Gasteiger partial charge in [0, 0.05) is 0 Å². The normalized spacial score (nSPS) is 15.8. The van der Waals surface area contributed by atoms with Gasteiger partial charge >= 0.3 is 0 Å². The van der Waals surface area contributed by atoms with Crippen LogP contribution in [0.5, 0.6) is 0 Å². The molecule has 0 saturated heterocycles. The topological polar surface area (TPSA) is 87.0 Å². The maximum atomic E-state index is 10.8. The van der Waals surface area contributed by atoms with Crippen LogP contribution >= 0.6 is 0 Å². The van der Waals surface area contributed by atoms with Crippen LogP contribution < -0.4 is 5.01 Å². The molecule has 1 N–H and O–H groups in total. The van der Waals surface area contributed by atoms with Crippen molar-refractivity contribution in [3.8, 4) is 0 Å². The van der Waals surface area contributed by atoms with Gasteiger partial charge in [0.15, 0.2) is 0 Å². The summed E-state index contributed by atoms with van der Waals surface area (Å²) in [6.45, 7) is 0. The number of rotatable bonds is 4. The van der Waals surface area contributed by atoms with E-state index in [1.54, 1.807) is 0 Å². The molecule has 16 heavy (non-hydrogen) atoms. The second-order valence-electron chi connectivity index (χ2n) is 3.63. The monoisotopic (exact) mass is 242 g/mol. The van der Waals surface area contributed by atoms with Crippen molar-refractivity contribution in [3.63, 3.8) is 0 Å². The summed E-state index contributed by atoms with van der Waals surface area (Å²) >= 11 is 0. The summed E-state index contributed by atoms with van der Waals surface area (Å²) in [6, 6.07) is 5.50. The van der Waals surface area contributed by atoms with Crippen LogP contribution in [0, 0.1) is 4.91 Å². The minimum Gasteiger partial charge on any atom is -0.282 e. The molecule has 0 atom stereocenters. The molecule has 1 fully saturated rings. The zero-order valence-electron chi connectivity index (χ0n) is 8.28. The minimum absolute atomic E-state index is 0.120. The van der Waals surface area contributed by atoms with Crippen molar-refractivity contribution in [2.45, 2.75) is 23.8 Å². The van der Waals surface area contributed by atoms with Crippen molar-refractivity contribution in [1.82, 2.24) is 0 Å². The van der Waals surface area contributed by atoms with Gasteiger partial charge in [0.25, 0.3) is 10.1 Å². The zero-order chi connectivity index (χ0) is 11.8. The van der Waals surface area contributed by atoms with Crippen LogP contribution in [-0.2, 0) is 10.1 Å². The lowest BCUT2D eigenvalue weighted by atomic mass is 10.3.